The highest BCUT2D eigenvalue weighted by molar-refractivity contribution is 7.80. The molecule has 0 saturated heterocycles. The average Bonchev–Trinajstić information content (AvgIpc) is 2.41. The van der Waals surface area contributed by atoms with Crippen molar-refractivity contribution in [2.75, 3.05) is 10.6 Å². The van der Waals surface area contributed by atoms with E-state index in [0.29, 0.717) is 11.4 Å². The van der Waals surface area contributed by atoms with E-state index in [1.165, 1.54) is 6.07 Å². The summed E-state index contributed by atoms with van der Waals surface area (Å²) in [6.07, 6.45) is 0. The minimum atomic E-state index is -0.462. The van der Waals surface area contributed by atoms with Gasteiger partial charge >= 0.3 is 0 Å². The predicted octanol–water partition coefficient (Wildman–Crippen LogP) is 2.99. The molecule has 0 saturated carbocycles. The van der Waals surface area contributed by atoms with Gasteiger partial charge in [0.2, 0.25) is 0 Å². The number of hydrogen-bond donors (Lipinski definition) is 3. The number of benzene rings is 2. The van der Waals surface area contributed by atoms with Crippen LogP contribution in [0.2, 0.25) is 0 Å². The molecule has 0 aliphatic heterocycles. The molecule has 0 bridgehead atoms. The Kier molecular flexibility index (Phi) is 4.11. The van der Waals surface area contributed by atoms with Crippen LogP contribution in [0.4, 0.5) is 22.7 Å². The Hall–Kier alpha value is -2.67. The molecule has 6 nitrogen and oxygen atoms in total. The van der Waals surface area contributed by atoms with Crippen molar-refractivity contribution >= 4 is 40.1 Å². The first-order chi connectivity index (χ1) is 9.56. The fraction of sp³-hybridized carbons (Fsp3) is 0. The van der Waals surface area contributed by atoms with Crippen molar-refractivity contribution in [1.82, 2.24) is 0 Å². The first-order valence-electron chi connectivity index (χ1n) is 5.73. The Balaban J connectivity index is 2.33. The summed E-state index contributed by atoms with van der Waals surface area (Å²) in [6.45, 7) is 0. The Morgan fingerprint density at radius 3 is 2.45 bits per heavy atom. The number of nitrogens with two attached hydrogens (primary N) is 1. The van der Waals surface area contributed by atoms with Crippen LogP contribution in [0.1, 0.15) is 0 Å². The summed E-state index contributed by atoms with van der Waals surface area (Å²) in [5.74, 6) is 0. The van der Waals surface area contributed by atoms with Gasteiger partial charge in [-0.15, -0.1) is 0 Å². The number of nitrogens with one attached hydrogen (secondary N) is 2. The van der Waals surface area contributed by atoms with Crippen LogP contribution in [0.25, 0.3) is 0 Å². The molecule has 0 radical (unpaired) electrons. The summed E-state index contributed by atoms with van der Waals surface area (Å²) in [7, 11) is 0. The summed E-state index contributed by atoms with van der Waals surface area (Å²) < 4.78 is 0. The second-order valence-electron chi connectivity index (χ2n) is 3.97. The molecule has 0 spiro atoms. The zero-order valence-corrected chi connectivity index (χ0v) is 11.2. The zero-order chi connectivity index (χ0) is 14.5. The maximum atomic E-state index is 11.1. The number of nitrogens with zero attached hydrogens (tertiary/aromatic N) is 1. The molecule has 0 aromatic heterocycles. The molecule has 0 heterocycles. The first kappa shape index (κ1) is 13.8. The van der Waals surface area contributed by atoms with Crippen LogP contribution >= 0.6 is 12.2 Å². The van der Waals surface area contributed by atoms with Gasteiger partial charge in [0.05, 0.1) is 4.92 Å². The van der Waals surface area contributed by atoms with Crippen molar-refractivity contribution in [3.8, 4) is 0 Å². The Morgan fingerprint density at radius 2 is 1.85 bits per heavy atom. The molecular formula is C13H12N4O2S. The van der Waals surface area contributed by atoms with Crippen molar-refractivity contribution in [2.45, 2.75) is 0 Å². The van der Waals surface area contributed by atoms with Crippen LogP contribution in [0.5, 0.6) is 0 Å². The highest BCUT2D eigenvalue weighted by atomic mass is 32.1. The van der Waals surface area contributed by atoms with Gasteiger partial charge in [0, 0.05) is 17.4 Å². The lowest BCUT2D eigenvalue weighted by Crippen LogP contribution is -2.18. The van der Waals surface area contributed by atoms with Crippen LogP contribution in [-0.4, -0.2) is 10.0 Å². The molecular weight excluding hydrogens is 276 g/mol. The van der Waals surface area contributed by atoms with Gasteiger partial charge < -0.3 is 16.4 Å². The van der Waals surface area contributed by atoms with Gasteiger partial charge in [0.15, 0.2) is 5.11 Å². The second kappa shape index (κ2) is 5.98. The lowest BCUT2D eigenvalue weighted by Gasteiger charge is -2.09. The molecule has 2 aromatic carbocycles. The highest BCUT2D eigenvalue weighted by Gasteiger charge is 2.15. The Bertz CT molecular complexity index is 646. The van der Waals surface area contributed by atoms with Crippen LogP contribution in [-0.2, 0) is 0 Å². The number of para-hydroxylation sites is 1. The number of nitro benzene ring substituents is 1. The van der Waals surface area contributed by atoms with Crippen LogP contribution in [0, 0.1) is 10.1 Å². The third-order valence-electron chi connectivity index (χ3n) is 2.51. The number of thiocarbonyl (C=S) groups is 1. The van der Waals surface area contributed by atoms with E-state index in [9.17, 15) is 10.1 Å². The largest absolute Gasteiger partial charge is 0.376 e. The minimum absolute atomic E-state index is 0.0584. The van der Waals surface area contributed by atoms with Gasteiger partial charge in [-0.2, -0.15) is 0 Å². The summed E-state index contributed by atoms with van der Waals surface area (Å²) in [5, 5.41) is 16.9. The molecule has 0 fully saturated rings. The monoisotopic (exact) mass is 288 g/mol. The molecule has 2 aromatic rings. The lowest BCUT2D eigenvalue weighted by atomic mass is 10.2. The summed E-state index contributed by atoms with van der Waals surface area (Å²) in [5.41, 5.74) is 6.93. The first-order valence-corrected chi connectivity index (χ1v) is 6.14. The van der Waals surface area contributed by atoms with E-state index in [2.05, 4.69) is 10.6 Å². The van der Waals surface area contributed by atoms with Gasteiger partial charge in [-0.1, -0.05) is 18.2 Å². The SMILES string of the molecule is NC(=S)Nc1ccc(Nc2ccccc2)c([N+](=O)[O-])c1. The van der Waals surface area contributed by atoms with Gasteiger partial charge in [0.25, 0.3) is 5.69 Å². The standard InChI is InChI=1S/C13H12N4O2S/c14-13(20)16-10-6-7-11(12(8-10)17(18)19)15-9-4-2-1-3-5-9/h1-8,15H,(H3,14,16,20). The highest BCUT2D eigenvalue weighted by Crippen LogP contribution is 2.30. The third-order valence-corrected chi connectivity index (χ3v) is 2.62. The van der Waals surface area contributed by atoms with E-state index in [4.69, 9.17) is 18.0 Å². The van der Waals surface area contributed by atoms with Crippen molar-refractivity contribution in [3.63, 3.8) is 0 Å². The predicted molar refractivity (Wildman–Crippen MR) is 83.2 cm³/mol. The normalized spacial score (nSPS) is 9.80. The van der Waals surface area contributed by atoms with E-state index in [1.54, 1.807) is 12.1 Å². The fourth-order valence-electron chi connectivity index (χ4n) is 1.69. The average molecular weight is 288 g/mol. The quantitative estimate of drug-likeness (QED) is 0.455. The summed E-state index contributed by atoms with van der Waals surface area (Å²) in [4.78, 5) is 10.7. The molecule has 0 unspecified atom stereocenters. The molecule has 0 aliphatic rings. The van der Waals surface area contributed by atoms with Crippen LogP contribution < -0.4 is 16.4 Å². The smallest absolute Gasteiger partial charge is 0.294 e. The molecule has 102 valence electrons. The lowest BCUT2D eigenvalue weighted by molar-refractivity contribution is -0.383. The molecule has 2 rings (SSSR count). The summed E-state index contributed by atoms with van der Waals surface area (Å²) >= 11 is 4.71. The zero-order valence-electron chi connectivity index (χ0n) is 10.4. The van der Waals surface area contributed by atoms with Gasteiger partial charge in [0.1, 0.15) is 5.69 Å². The van der Waals surface area contributed by atoms with E-state index >= 15 is 0 Å². The van der Waals surface area contributed by atoms with E-state index in [1.807, 2.05) is 30.3 Å². The van der Waals surface area contributed by atoms with Crippen molar-refractivity contribution in [2.24, 2.45) is 5.73 Å². The van der Waals surface area contributed by atoms with E-state index in [-0.39, 0.29) is 10.8 Å². The molecule has 4 N–H and O–H groups in total. The molecule has 7 heteroatoms. The topological polar surface area (TPSA) is 93.2 Å². The van der Waals surface area contributed by atoms with Gasteiger partial charge in [-0.3, -0.25) is 10.1 Å². The molecule has 0 amide bonds. The maximum Gasteiger partial charge on any atom is 0.294 e. The number of nitro groups is 1. The second-order valence-corrected chi connectivity index (χ2v) is 4.41. The molecule has 0 atom stereocenters. The minimum Gasteiger partial charge on any atom is -0.376 e. The number of rotatable bonds is 4. The molecule has 20 heavy (non-hydrogen) atoms. The van der Waals surface area contributed by atoms with Gasteiger partial charge in [-0.05, 0) is 36.5 Å². The van der Waals surface area contributed by atoms with E-state index in [0.717, 1.165) is 5.69 Å². The van der Waals surface area contributed by atoms with E-state index < -0.39 is 4.92 Å². The third kappa shape index (κ3) is 3.42. The van der Waals surface area contributed by atoms with Crippen LogP contribution in [0.15, 0.2) is 48.5 Å². The maximum absolute atomic E-state index is 11.1. The summed E-state index contributed by atoms with van der Waals surface area (Å²) in [6, 6.07) is 13.9. The Labute approximate surface area is 120 Å². The number of hydrogen-bond acceptors (Lipinski definition) is 4. The van der Waals surface area contributed by atoms with Crippen molar-refractivity contribution < 1.29 is 4.92 Å². The van der Waals surface area contributed by atoms with Crippen LogP contribution in [0.3, 0.4) is 0 Å². The number of anilines is 3. The fourth-order valence-corrected chi connectivity index (χ4v) is 1.80. The van der Waals surface area contributed by atoms with Crippen molar-refractivity contribution in [3.05, 3.63) is 58.6 Å². The Morgan fingerprint density at radius 1 is 1.15 bits per heavy atom. The molecule has 0 aliphatic carbocycles. The van der Waals surface area contributed by atoms with Gasteiger partial charge in [-0.25, -0.2) is 0 Å². The van der Waals surface area contributed by atoms with Crippen molar-refractivity contribution in [1.29, 1.82) is 0 Å².